The van der Waals surface area contributed by atoms with E-state index in [2.05, 4.69) is 39.3 Å². The van der Waals surface area contributed by atoms with E-state index in [1.807, 2.05) is 16.8 Å². The third kappa shape index (κ3) is 3.52. The van der Waals surface area contributed by atoms with Crippen molar-refractivity contribution in [1.29, 1.82) is 0 Å². The van der Waals surface area contributed by atoms with E-state index in [1.54, 1.807) is 12.4 Å². The lowest BCUT2D eigenvalue weighted by Gasteiger charge is -2.24. The highest BCUT2D eigenvalue weighted by Crippen LogP contribution is 2.39. The topological polar surface area (TPSA) is 95.9 Å². The first kappa shape index (κ1) is 19.0. The summed E-state index contributed by atoms with van der Waals surface area (Å²) in [5, 5.41) is 8.19. The molecule has 3 aromatic rings. The first-order valence-electron chi connectivity index (χ1n) is 10.5. The Balaban J connectivity index is 1.31. The molecule has 0 aromatic carbocycles. The number of nitrogens with zero attached hydrogens (tertiary/aromatic N) is 4. The van der Waals surface area contributed by atoms with Crippen LogP contribution in [0.3, 0.4) is 0 Å². The predicted molar refractivity (Wildman–Crippen MR) is 113 cm³/mol. The number of carbonyl (C=O) groups is 1. The first-order valence-corrected chi connectivity index (χ1v) is 10.5. The average Bonchev–Trinajstić information content (AvgIpc) is 3.50. The Morgan fingerprint density at radius 1 is 1.33 bits per heavy atom. The molecule has 8 heteroatoms. The molecule has 1 amide bonds. The Kier molecular flexibility index (Phi) is 4.66. The van der Waals surface area contributed by atoms with Crippen molar-refractivity contribution in [2.24, 2.45) is 5.92 Å². The smallest absolute Gasteiger partial charge is 0.253 e. The number of carbonyl (C=O) groups excluding carboxylic acids is 1. The maximum absolute atomic E-state index is 12.7. The molecular weight excluding hydrogens is 380 g/mol. The third-order valence-corrected chi connectivity index (χ3v) is 6.30. The van der Waals surface area contributed by atoms with Gasteiger partial charge in [-0.2, -0.15) is 5.10 Å². The molecule has 0 bridgehead atoms. The number of hydrogen-bond donors (Lipinski definition) is 2. The van der Waals surface area contributed by atoms with Gasteiger partial charge in [0.2, 0.25) is 0 Å². The predicted octanol–water partition coefficient (Wildman–Crippen LogP) is 2.01. The van der Waals surface area contributed by atoms with Crippen LogP contribution in [0.5, 0.6) is 0 Å². The van der Waals surface area contributed by atoms with Crippen LogP contribution in [0.25, 0.3) is 11.0 Å². The van der Waals surface area contributed by atoms with Crippen molar-refractivity contribution in [3.8, 4) is 0 Å². The standard InChI is InChI=1S/C22H26N6O2/c1-13(14-3-4-14)28-20-15(11-25-28)7-16(9-23-20)21(29)24-10-17-8-18-12-27(2)6-5-19(18)26-22(17)30/h7-9,11,13-14H,3-6,10,12H2,1-2H3,(H,24,29)(H,26,30). The number of pyridine rings is 2. The molecular formula is C22H26N6O2. The van der Waals surface area contributed by atoms with Crippen molar-refractivity contribution in [1.82, 2.24) is 30.0 Å². The van der Waals surface area contributed by atoms with Gasteiger partial charge in [-0.15, -0.1) is 0 Å². The van der Waals surface area contributed by atoms with Gasteiger partial charge in [-0.25, -0.2) is 9.67 Å². The van der Waals surface area contributed by atoms with Gasteiger partial charge in [-0.3, -0.25) is 9.59 Å². The molecule has 1 saturated carbocycles. The molecule has 30 heavy (non-hydrogen) atoms. The van der Waals surface area contributed by atoms with Gasteiger partial charge in [0.05, 0.1) is 17.8 Å². The van der Waals surface area contributed by atoms with Crippen LogP contribution in [0, 0.1) is 5.92 Å². The summed E-state index contributed by atoms with van der Waals surface area (Å²) in [7, 11) is 2.06. The minimum absolute atomic E-state index is 0.137. The molecule has 1 atom stereocenters. The van der Waals surface area contributed by atoms with Crippen LogP contribution in [-0.4, -0.2) is 44.1 Å². The number of aromatic nitrogens is 4. The molecule has 0 spiro atoms. The van der Waals surface area contributed by atoms with Gasteiger partial charge in [-0.05, 0) is 50.4 Å². The van der Waals surface area contributed by atoms with Gasteiger partial charge in [0.25, 0.3) is 11.5 Å². The van der Waals surface area contributed by atoms with Crippen molar-refractivity contribution in [3.05, 3.63) is 57.3 Å². The van der Waals surface area contributed by atoms with E-state index in [-0.39, 0.29) is 18.0 Å². The summed E-state index contributed by atoms with van der Waals surface area (Å²) in [6.07, 6.45) is 6.67. The van der Waals surface area contributed by atoms with Crippen molar-refractivity contribution < 1.29 is 4.79 Å². The van der Waals surface area contributed by atoms with E-state index in [0.717, 1.165) is 41.8 Å². The molecule has 0 radical (unpaired) electrons. The van der Waals surface area contributed by atoms with Gasteiger partial charge >= 0.3 is 0 Å². The van der Waals surface area contributed by atoms with Crippen LogP contribution >= 0.6 is 0 Å². The quantitative estimate of drug-likeness (QED) is 0.676. The summed E-state index contributed by atoms with van der Waals surface area (Å²) in [5.41, 5.74) is 3.82. The zero-order valence-electron chi connectivity index (χ0n) is 17.3. The summed E-state index contributed by atoms with van der Waals surface area (Å²) in [4.78, 5) is 34.7. The summed E-state index contributed by atoms with van der Waals surface area (Å²) < 4.78 is 1.96. The Morgan fingerprint density at radius 2 is 2.17 bits per heavy atom. The molecule has 1 aliphatic carbocycles. The summed E-state index contributed by atoms with van der Waals surface area (Å²) in [6, 6.07) is 4.05. The number of amides is 1. The lowest BCUT2D eigenvalue weighted by molar-refractivity contribution is 0.0950. The second-order valence-electron chi connectivity index (χ2n) is 8.60. The highest BCUT2D eigenvalue weighted by Gasteiger charge is 2.30. The molecule has 2 aliphatic rings. The Morgan fingerprint density at radius 3 is 2.97 bits per heavy atom. The summed E-state index contributed by atoms with van der Waals surface area (Å²) in [5.74, 6) is 0.425. The largest absolute Gasteiger partial charge is 0.348 e. The van der Waals surface area contributed by atoms with Crippen molar-refractivity contribution in [3.63, 3.8) is 0 Å². The highest BCUT2D eigenvalue weighted by molar-refractivity contribution is 5.96. The highest BCUT2D eigenvalue weighted by atomic mass is 16.1. The fourth-order valence-electron chi connectivity index (χ4n) is 4.25. The molecule has 1 fully saturated rings. The number of nitrogens with one attached hydrogen (secondary N) is 2. The molecule has 4 heterocycles. The van der Waals surface area contributed by atoms with Crippen molar-refractivity contribution in [2.45, 2.75) is 45.3 Å². The van der Waals surface area contributed by atoms with Crippen LogP contribution in [0.4, 0.5) is 0 Å². The van der Waals surface area contributed by atoms with Gasteiger partial charge in [0.1, 0.15) is 0 Å². The number of rotatable bonds is 5. The lowest BCUT2D eigenvalue weighted by atomic mass is 10.0. The molecule has 5 rings (SSSR count). The van der Waals surface area contributed by atoms with Gasteiger partial charge in [0.15, 0.2) is 5.65 Å². The van der Waals surface area contributed by atoms with Crippen LogP contribution in [-0.2, 0) is 19.5 Å². The molecule has 1 unspecified atom stereocenters. The summed E-state index contributed by atoms with van der Waals surface area (Å²) >= 11 is 0. The van der Waals surface area contributed by atoms with Crippen molar-refractivity contribution >= 4 is 16.9 Å². The minimum Gasteiger partial charge on any atom is -0.348 e. The zero-order chi connectivity index (χ0) is 20.8. The Bertz CT molecular complexity index is 1180. The zero-order valence-corrected chi connectivity index (χ0v) is 17.3. The van der Waals surface area contributed by atoms with Crippen LogP contribution < -0.4 is 10.9 Å². The average molecular weight is 406 g/mol. The summed E-state index contributed by atoms with van der Waals surface area (Å²) in [6.45, 7) is 4.09. The number of fused-ring (bicyclic) bond motifs is 2. The van der Waals surface area contributed by atoms with E-state index in [0.29, 0.717) is 23.1 Å². The van der Waals surface area contributed by atoms with E-state index in [4.69, 9.17) is 0 Å². The first-order chi connectivity index (χ1) is 14.5. The molecule has 3 aromatic heterocycles. The minimum atomic E-state index is -0.248. The molecule has 8 nitrogen and oxygen atoms in total. The third-order valence-electron chi connectivity index (χ3n) is 6.30. The number of H-pyrrole nitrogens is 1. The van der Waals surface area contributed by atoms with E-state index >= 15 is 0 Å². The van der Waals surface area contributed by atoms with Gasteiger partial charge in [-0.1, -0.05) is 0 Å². The molecule has 2 N–H and O–H groups in total. The van der Waals surface area contributed by atoms with E-state index in [1.165, 1.54) is 12.8 Å². The number of likely N-dealkylation sites (N-methyl/N-ethyl adjacent to an activating group) is 1. The Hall–Kier alpha value is -3.00. The molecule has 1 aliphatic heterocycles. The lowest BCUT2D eigenvalue weighted by Crippen LogP contribution is -2.32. The number of hydrogen-bond acceptors (Lipinski definition) is 5. The molecule has 156 valence electrons. The fraction of sp³-hybridized carbons (Fsp3) is 0.455. The Labute approximate surface area is 174 Å². The van der Waals surface area contributed by atoms with E-state index < -0.39 is 0 Å². The SMILES string of the molecule is CC(C1CC1)n1ncc2cc(C(=O)NCc3cc4c([nH]c3=O)CCN(C)C4)cnc21. The monoisotopic (exact) mass is 406 g/mol. The second kappa shape index (κ2) is 7.36. The second-order valence-corrected chi connectivity index (χ2v) is 8.60. The molecule has 0 saturated heterocycles. The van der Waals surface area contributed by atoms with Crippen LogP contribution in [0.2, 0.25) is 0 Å². The maximum Gasteiger partial charge on any atom is 0.253 e. The van der Waals surface area contributed by atoms with Crippen LogP contribution in [0.15, 0.2) is 29.3 Å². The number of aromatic amines is 1. The van der Waals surface area contributed by atoms with E-state index in [9.17, 15) is 9.59 Å². The maximum atomic E-state index is 12.7. The van der Waals surface area contributed by atoms with Crippen LogP contribution in [0.1, 0.15) is 53.0 Å². The fourth-order valence-corrected chi connectivity index (χ4v) is 4.25. The normalized spacial score (nSPS) is 17.7. The van der Waals surface area contributed by atoms with Crippen molar-refractivity contribution in [2.75, 3.05) is 13.6 Å². The van der Waals surface area contributed by atoms with Gasteiger partial charge < -0.3 is 15.2 Å². The van der Waals surface area contributed by atoms with Gasteiger partial charge in [0, 0.05) is 48.9 Å².